The van der Waals surface area contributed by atoms with Crippen molar-refractivity contribution >= 4 is 5.91 Å². The topological polar surface area (TPSA) is 64.4 Å². The monoisotopic (exact) mass is 182 g/mol. The Hall–Kier alpha value is -0.870. The van der Waals surface area contributed by atoms with Crippen molar-refractivity contribution in [3.8, 4) is 0 Å². The number of allylic oxidation sites excluding steroid dienone is 1. The first kappa shape index (κ1) is 8.72. The Bertz CT molecular complexity index is 240. The second kappa shape index (κ2) is 3.47. The third kappa shape index (κ3) is 1.73. The molecule has 1 saturated carbocycles. The minimum absolute atomic E-state index is 0.0440. The zero-order chi connectivity index (χ0) is 9.26. The molecular weight excluding hydrogens is 168 g/mol. The van der Waals surface area contributed by atoms with Crippen molar-refractivity contribution in [3.63, 3.8) is 0 Å². The number of carbonyl (C=O) groups excluding carboxylic acids is 1. The maximum atomic E-state index is 10.4. The van der Waals surface area contributed by atoms with E-state index in [1.165, 1.54) is 6.42 Å². The molecule has 0 heterocycles. The molecule has 0 bridgehead atoms. The van der Waals surface area contributed by atoms with Gasteiger partial charge in [-0.2, -0.15) is 5.48 Å². The van der Waals surface area contributed by atoms with Crippen LogP contribution in [-0.4, -0.2) is 18.6 Å². The molecule has 0 saturated heterocycles. The maximum Gasteiger partial charge on any atom is 0.245 e. The zero-order valence-corrected chi connectivity index (χ0v) is 7.40. The number of carbonyl (C=O) groups is 1. The van der Waals surface area contributed by atoms with Crippen molar-refractivity contribution in [2.24, 2.45) is 17.6 Å². The molecule has 3 unspecified atom stereocenters. The van der Waals surface area contributed by atoms with Gasteiger partial charge in [0.2, 0.25) is 5.91 Å². The summed E-state index contributed by atoms with van der Waals surface area (Å²) < 4.78 is 0. The van der Waals surface area contributed by atoms with Crippen LogP contribution in [0.15, 0.2) is 12.2 Å². The summed E-state index contributed by atoms with van der Waals surface area (Å²) in [5, 5.41) is 0. The summed E-state index contributed by atoms with van der Waals surface area (Å²) in [7, 11) is 0. The quantitative estimate of drug-likeness (QED) is 0.473. The molecule has 2 rings (SSSR count). The van der Waals surface area contributed by atoms with Gasteiger partial charge in [0, 0.05) is 6.04 Å². The van der Waals surface area contributed by atoms with E-state index in [-0.39, 0.29) is 6.61 Å². The van der Waals surface area contributed by atoms with E-state index in [0.717, 1.165) is 12.3 Å². The van der Waals surface area contributed by atoms with E-state index in [4.69, 9.17) is 10.6 Å². The molecule has 3 atom stereocenters. The average Bonchev–Trinajstić information content (AvgIpc) is 2.40. The number of hydrogen-bond acceptors (Lipinski definition) is 3. The SMILES string of the molecule is NC(=O)CONC1CC2CC=CC21. The summed E-state index contributed by atoms with van der Waals surface area (Å²) >= 11 is 0. The molecule has 0 aromatic carbocycles. The molecule has 13 heavy (non-hydrogen) atoms. The molecule has 0 aromatic heterocycles. The van der Waals surface area contributed by atoms with Gasteiger partial charge in [-0.1, -0.05) is 12.2 Å². The van der Waals surface area contributed by atoms with Crippen molar-refractivity contribution < 1.29 is 9.63 Å². The van der Waals surface area contributed by atoms with Crippen LogP contribution in [0.1, 0.15) is 12.8 Å². The largest absolute Gasteiger partial charge is 0.368 e. The van der Waals surface area contributed by atoms with Crippen LogP contribution in [0.4, 0.5) is 0 Å². The average molecular weight is 182 g/mol. The Morgan fingerprint density at radius 2 is 2.54 bits per heavy atom. The van der Waals surface area contributed by atoms with Gasteiger partial charge in [0.1, 0.15) is 6.61 Å². The van der Waals surface area contributed by atoms with Gasteiger partial charge in [-0.15, -0.1) is 0 Å². The fourth-order valence-electron chi connectivity index (χ4n) is 2.07. The maximum absolute atomic E-state index is 10.4. The highest BCUT2D eigenvalue weighted by Crippen LogP contribution is 2.42. The van der Waals surface area contributed by atoms with Crippen LogP contribution < -0.4 is 11.2 Å². The summed E-state index contributed by atoms with van der Waals surface area (Å²) in [6, 6.07) is 0.378. The van der Waals surface area contributed by atoms with Gasteiger partial charge < -0.3 is 5.73 Å². The minimum Gasteiger partial charge on any atom is -0.368 e. The minimum atomic E-state index is -0.440. The summed E-state index contributed by atoms with van der Waals surface area (Å²) in [5.74, 6) is 0.966. The van der Waals surface area contributed by atoms with Crippen molar-refractivity contribution in [1.29, 1.82) is 0 Å². The first-order chi connectivity index (χ1) is 6.27. The van der Waals surface area contributed by atoms with E-state index in [1.807, 2.05) is 0 Å². The van der Waals surface area contributed by atoms with Crippen LogP contribution in [0.25, 0.3) is 0 Å². The Morgan fingerprint density at radius 1 is 1.69 bits per heavy atom. The summed E-state index contributed by atoms with van der Waals surface area (Å²) in [6.07, 6.45) is 6.76. The van der Waals surface area contributed by atoms with Crippen LogP contribution in [-0.2, 0) is 9.63 Å². The lowest BCUT2D eigenvalue weighted by molar-refractivity contribution is -0.128. The standard InChI is InChI=1S/C9H14N2O2/c10-9(12)5-13-11-8-4-6-2-1-3-7(6)8/h1,3,6-8,11H,2,4-5H2,(H2,10,12). The summed E-state index contributed by atoms with van der Waals surface area (Å²) in [5.41, 5.74) is 7.80. The molecule has 4 heteroatoms. The molecule has 4 nitrogen and oxygen atoms in total. The van der Waals surface area contributed by atoms with E-state index >= 15 is 0 Å². The fraction of sp³-hybridized carbons (Fsp3) is 0.667. The first-order valence-corrected chi connectivity index (χ1v) is 4.59. The fourth-order valence-corrected chi connectivity index (χ4v) is 2.07. The van der Waals surface area contributed by atoms with E-state index in [2.05, 4.69) is 17.6 Å². The molecule has 1 amide bonds. The van der Waals surface area contributed by atoms with Gasteiger partial charge in [-0.3, -0.25) is 9.63 Å². The third-order valence-corrected chi connectivity index (χ3v) is 2.81. The van der Waals surface area contributed by atoms with E-state index < -0.39 is 5.91 Å². The van der Waals surface area contributed by atoms with E-state index in [0.29, 0.717) is 12.0 Å². The highest BCUT2D eigenvalue weighted by atomic mass is 16.6. The number of fused-ring (bicyclic) bond motifs is 1. The van der Waals surface area contributed by atoms with Gasteiger partial charge >= 0.3 is 0 Å². The van der Waals surface area contributed by atoms with E-state index in [9.17, 15) is 4.79 Å². The van der Waals surface area contributed by atoms with Gasteiger partial charge in [0.05, 0.1) is 0 Å². The lowest BCUT2D eigenvalue weighted by atomic mass is 9.72. The second-order valence-electron chi connectivity index (χ2n) is 3.72. The molecule has 2 aliphatic carbocycles. The van der Waals surface area contributed by atoms with Crippen molar-refractivity contribution in [2.75, 3.05) is 6.61 Å². The van der Waals surface area contributed by atoms with Crippen molar-refractivity contribution in [1.82, 2.24) is 5.48 Å². The third-order valence-electron chi connectivity index (χ3n) is 2.81. The molecule has 0 spiro atoms. The number of rotatable bonds is 4. The highest BCUT2D eigenvalue weighted by molar-refractivity contribution is 5.74. The lowest BCUT2D eigenvalue weighted by Gasteiger charge is -2.39. The van der Waals surface area contributed by atoms with Crippen molar-refractivity contribution in [2.45, 2.75) is 18.9 Å². The zero-order valence-electron chi connectivity index (χ0n) is 7.40. The lowest BCUT2D eigenvalue weighted by Crippen LogP contribution is -2.48. The molecule has 0 aromatic rings. The smallest absolute Gasteiger partial charge is 0.245 e. The molecule has 0 radical (unpaired) electrons. The van der Waals surface area contributed by atoms with Crippen LogP contribution in [0.5, 0.6) is 0 Å². The molecular formula is C9H14N2O2. The van der Waals surface area contributed by atoms with Gasteiger partial charge in [0.15, 0.2) is 0 Å². The Morgan fingerprint density at radius 3 is 3.23 bits per heavy atom. The number of hydrogen-bond donors (Lipinski definition) is 2. The molecule has 2 aliphatic rings. The number of nitrogens with one attached hydrogen (secondary N) is 1. The number of nitrogens with two attached hydrogens (primary N) is 1. The Labute approximate surface area is 77.1 Å². The summed E-state index contributed by atoms with van der Waals surface area (Å²) in [4.78, 5) is 15.3. The number of amides is 1. The van der Waals surface area contributed by atoms with Crippen molar-refractivity contribution in [3.05, 3.63) is 12.2 Å². The number of hydroxylamine groups is 1. The number of primary amides is 1. The molecule has 3 N–H and O–H groups in total. The van der Waals surface area contributed by atoms with Crippen LogP contribution >= 0.6 is 0 Å². The van der Waals surface area contributed by atoms with Gasteiger partial charge in [-0.05, 0) is 24.7 Å². The van der Waals surface area contributed by atoms with Crippen LogP contribution in [0.2, 0.25) is 0 Å². The van der Waals surface area contributed by atoms with Gasteiger partial charge in [-0.25, -0.2) is 0 Å². The highest BCUT2D eigenvalue weighted by Gasteiger charge is 2.41. The Kier molecular flexibility index (Phi) is 2.33. The molecule has 1 fully saturated rings. The predicted octanol–water partition coefficient (Wildman–Crippen LogP) is -0.0425. The second-order valence-corrected chi connectivity index (χ2v) is 3.72. The van der Waals surface area contributed by atoms with Crippen LogP contribution in [0, 0.1) is 11.8 Å². The predicted molar refractivity (Wildman–Crippen MR) is 47.4 cm³/mol. The Balaban J connectivity index is 1.67. The van der Waals surface area contributed by atoms with Crippen LogP contribution in [0.3, 0.4) is 0 Å². The molecule has 0 aliphatic heterocycles. The first-order valence-electron chi connectivity index (χ1n) is 4.59. The summed E-state index contributed by atoms with van der Waals surface area (Å²) in [6.45, 7) is -0.0440. The van der Waals surface area contributed by atoms with Gasteiger partial charge in [0.25, 0.3) is 0 Å². The van der Waals surface area contributed by atoms with E-state index in [1.54, 1.807) is 0 Å². The molecule has 72 valence electrons. The normalized spacial score (nSPS) is 35.5.